The van der Waals surface area contributed by atoms with Crippen LogP contribution in [0.25, 0.3) is 0 Å². The molecule has 0 bridgehead atoms. The SMILES string of the molecule is Cc1cccc(C#N)c1.O=C=O. The van der Waals surface area contributed by atoms with Crippen molar-refractivity contribution in [2.75, 3.05) is 0 Å². The molecule has 3 heteroatoms. The average Bonchev–Trinajstić information content (AvgIpc) is 2.06. The summed E-state index contributed by atoms with van der Waals surface area (Å²) in [5, 5.41) is 8.41. The standard InChI is InChI=1S/C8H7N.CO2/c1-7-3-2-4-8(5-7)6-9;2-1-3/h2-5H,1H3;. The van der Waals surface area contributed by atoms with Crippen LogP contribution >= 0.6 is 0 Å². The van der Waals surface area contributed by atoms with Crippen LogP contribution in [0.1, 0.15) is 11.1 Å². The van der Waals surface area contributed by atoms with Gasteiger partial charge in [-0.05, 0) is 24.6 Å². The van der Waals surface area contributed by atoms with Gasteiger partial charge in [0.15, 0.2) is 0 Å². The Hall–Kier alpha value is -1.91. The Balaban J connectivity index is 0.000000354. The summed E-state index contributed by atoms with van der Waals surface area (Å²) in [6.45, 7) is 1.97. The molecule has 0 atom stereocenters. The Bertz CT molecular complexity index is 320. The van der Waals surface area contributed by atoms with Crippen LogP contribution in [-0.4, -0.2) is 6.15 Å². The number of hydrogen-bond acceptors (Lipinski definition) is 3. The van der Waals surface area contributed by atoms with Gasteiger partial charge in [-0.25, -0.2) is 0 Å². The largest absolute Gasteiger partial charge is 0.373 e. The van der Waals surface area contributed by atoms with Crippen molar-refractivity contribution in [2.45, 2.75) is 6.92 Å². The zero-order chi connectivity index (χ0) is 9.40. The van der Waals surface area contributed by atoms with E-state index in [0.29, 0.717) is 0 Å². The van der Waals surface area contributed by atoms with Crippen molar-refractivity contribution < 1.29 is 9.59 Å². The number of hydrogen-bond donors (Lipinski definition) is 0. The van der Waals surface area contributed by atoms with Gasteiger partial charge in [-0.1, -0.05) is 12.1 Å². The van der Waals surface area contributed by atoms with Crippen molar-refractivity contribution in [1.29, 1.82) is 5.26 Å². The van der Waals surface area contributed by atoms with Crippen LogP contribution in [0.4, 0.5) is 0 Å². The second-order valence-corrected chi connectivity index (χ2v) is 2.06. The van der Waals surface area contributed by atoms with E-state index in [1.165, 1.54) is 0 Å². The van der Waals surface area contributed by atoms with Gasteiger partial charge >= 0.3 is 6.15 Å². The highest BCUT2D eigenvalue weighted by Crippen LogP contribution is 2.00. The second-order valence-electron chi connectivity index (χ2n) is 2.06. The van der Waals surface area contributed by atoms with Crippen LogP contribution in [0.5, 0.6) is 0 Å². The molecule has 60 valence electrons. The molecule has 12 heavy (non-hydrogen) atoms. The molecule has 0 aliphatic rings. The first-order valence-electron chi connectivity index (χ1n) is 3.20. The van der Waals surface area contributed by atoms with Crippen molar-refractivity contribution in [3.63, 3.8) is 0 Å². The maximum absolute atomic E-state index is 8.41. The Labute approximate surface area is 70.2 Å². The number of aryl methyl sites for hydroxylation is 1. The van der Waals surface area contributed by atoms with E-state index in [4.69, 9.17) is 14.9 Å². The van der Waals surface area contributed by atoms with Crippen LogP contribution in [0, 0.1) is 18.3 Å². The smallest absolute Gasteiger partial charge is 0.192 e. The molecule has 0 heterocycles. The third kappa shape index (κ3) is 3.99. The first kappa shape index (κ1) is 10.1. The van der Waals surface area contributed by atoms with E-state index in [-0.39, 0.29) is 6.15 Å². The number of rotatable bonds is 0. The lowest BCUT2D eigenvalue weighted by Crippen LogP contribution is -1.73. The number of benzene rings is 1. The van der Waals surface area contributed by atoms with Crippen molar-refractivity contribution in [3.05, 3.63) is 35.4 Å². The number of nitrogens with zero attached hydrogens (tertiary/aromatic N) is 1. The van der Waals surface area contributed by atoms with E-state index in [0.717, 1.165) is 11.1 Å². The summed E-state index contributed by atoms with van der Waals surface area (Å²) in [7, 11) is 0. The molecule has 0 spiro atoms. The summed E-state index contributed by atoms with van der Waals surface area (Å²) in [5.74, 6) is 0. The minimum Gasteiger partial charge on any atom is -0.192 e. The van der Waals surface area contributed by atoms with Gasteiger partial charge in [0, 0.05) is 0 Å². The first-order valence-corrected chi connectivity index (χ1v) is 3.20. The molecule has 0 unspecified atom stereocenters. The monoisotopic (exact) mass is 161 g/mol. The van der Waals surface area contributed by atoms with Crippen LogP contribution in [-0.2, 0) is 9.59 Å². The van der Waals surface area contributed by atoms with Gasteiger partial charge in [0.05, 0.1) is 11.6 Å². The third-order valence-corrected chi connectivity index (χ3v) is 1.15. The molecule has 0 aliphatic heterocycles. The van der Waals surface area contributed by atoms with Gasteiger partial charge in [0.2, 0.25) is 0 Å². The van der Waals surface area contributed by atoms with Gasteiger partial charge in [0.25, 0.3) is 0 Å². The summed E-state index contributed by atoms with van der Waals surface area (Å²) in [6.07, 6.45) is 0.250. The van der Waals surface area contributed by atoms with E-state index in [1.807, 2.05) is 25.1 Å². The van der Waals surface area contributed by atoms with Crippen molar-refractivity contribution >= 4 is 6.15 Å². The first-order chi connectivity index (χ1) is 5.74. The lowest BCUT2D eigenvalue weighted by Gasteiger charge is -1.88. The van der Waals surface area contributed by atoms with E-state index < -0.39 is 0 Å². The zero-order valence-corrected chi connectivity index (χ0v) is 6.57. The molecule has 0 radical (unpaired) electrons. The van der Waals surface area contributed by atoms with Gasteiger partial charge < -0.3 is 0 Å². The van der Waals surface area contributed by atoms with E-state index in [9.17, 15) is 0 Å². The molecule has 1 aromatic rings. The molecule has 0 aromatic heterocycles. The fourth-order valence-electron chi connectivity index (χ4n) is 0.715. The molecule has 0 N–H and O–H groups in total. The van der Waals surface area contributed by atoms with E-state index in [2.05, 4.69) is 6.07 Å². The van der Waals surface area contributed by atoms with Crippen LogP contribution in [0.3, 0.4) is 0 Å². The van der Waals surface area contributed by atoms with Gasteiger partial charge in [-0.2, -0.15) is 14.9 Å². The highest BCUT2D eigenvalue weighted by molar-refractivity contribution is 5.31. The van der Waals surface area contributed by atoms with E-state index >= 15 is 0 Å². The molecular formula is C9H7NO2. The minimum absolute atomic E-state index is 0.250. The topological polar surface area (TPSA) is 57.9 Å². The fourth-order valence-corrected chi connectivity index (χ4v) is 0.715. The molecule has 1 aromatic carbocycles. The highest BCUT2D eigenvalue weighted by atomic mass is 16.2. The van der Waals surface area contributed by atoms with E-state index in [1.54, 1.807) is 6.07 Å². The summed E-state index contributed by atoms with van der Waals surface area (Å²) < 4.78 is 0. The Morgan fingerprint density at radius 2 is 1.92 bits per heavy atom. The summed E-state index contributed by atoms with van der Waals surface area (Å²) in [4.78, 5) is 16.2. The fraction of sp³-hybridized carbons (Fsp3) is 0.111. The Morgan fingerprint density at radius 3 is 2.25 bits per heavy atom. The molecule has 0 saturated carbocycles. The van der Waals surface area contributed by atoms with Crippen LogP contribution < -0.4 is 0 Å². The normalized spacial score (nSPS) is 7.00. The lowest BCUT2D eigenvalue weighted by molar-refractivity contribution is -0.191. The summed E-state index contributed by atoms with van der Waals surface area (Å²) in [5.41, 5.74) is 1.86. The lowest BCUT2D eigenvalue weighted by atomic mass is 10.2. The van der Waals surface area contributed by atoms with Crippen molar-refractivity contribution in [2.24, 2.45) is 0 Å². The maximum Gasteiger partial charge on any atom is 0.373 e. The predicted octanol–water partition coefficient (Wildman–Crippen LogP) is 1.28. The molecule has 0 saturated heterocycles. The van der Waals surface area contributed by atoms with Crippen LogP contribution in [0.15, 0.2) is 24.3 Å². The van der Waals surface area contributed by atoms with Crippen LogP contribution in [0.2, 0.25) is 0 Å². The van der Waals surface area contributed by atoms with Crippen molar-refractivity contribution in [1.82, 2.24) is 0 Å². The minimum atomic E-state index is 0.250. The zero-order valence-electron chi connectivity index (χ0n) is 6.57. The van der Waals surface area contributed by atoms with Gasteiger partial charge in [-0.15, -0.1) is 0 Å². The number of nitriles is 1. The number of carbonyl (C=O) groups excluding carboxylic acids is 2. The van der Waals surface area contributed by atoms with Gasteiger partial charge in [-0.3, -0.25) is 0 Å². The van der Waals surface area contributed by atoms with Gasteiger partial charge in [0.1, 0.15) is 0 Å². The Kier molecular flexibility index (Phi) is 4.91. The molecule has 0 amide bonds. The maximum atomic E-state index is 8.41. The molecule has 0 fully saturated rings. The summed E-state index contributed by atoms with van der Waals surface area (Å²) in [6, 6.07) is 9.58. The average molecular weight is 161 g/mol. The third-order valence-electron chi connectivity index (χ3n) is 1.15. The molecule has 3 nitrogen and oxygen atoms in total. The Morgan fingerprint density at radius 1 is 1.33 bits per heavy atom. The second kappa shape index (κ2) is 5.84. The molecular weight excluding hydrogens is 154 g/mol. The molecule has 0 aliphatic carbocycles. The quantitative estimate of drug-likeness (QED) is 0.576. The van der Waals surface area contributed by atoms with Crippen molar-refractivity contribution in [3.8, 4) is 6.07 Å². The highest BCUT2D eigenvalue weighted by Gasteiger charge is 1.86. The molecule has 1 rings (SSSR count). The summed E-state index contributed by atoms with van der Waals surface area (Å²) >= 11 is 0. The predicted molar refractivity (Wildman–Crippen MR) is 40.9 cm³/mol.